The van der Waals surface area contributed by atoms with Gasteiger partial charge in [0.1, 0.15) is 5.82 Å². The molecule has 3 nitrogen and oxygen atoms in total. The van der Waals surface area contributed by atoms with Crippen molar-refractivity contribution in [2.45, 2.75) is 6.54 Å². The van der Waals surface area contributed by atoms with Gasteiger partial charge in [0.05, 0.1) is 11.6 Å². The van der Waals surface area contributed by atoms with Crippen LogP contribution < -0.4 is 10.1 Å². The number of hydrogen-bond donors (Lipinski definition) is 2. The summed E-state index contributed by atoms with van der Waals surface area (Å²) in [6, 6.07) is 9.89. The molecule has 0 unspecified atom stereocenters. The predicted molar refractivity (Wildman–Crippen MR) is 76.1 cm³/mol. The lowest BCUT2D eigenvalue weighted by atomic mass is 10.2. The molecule has 0 saturated carbocycles. The lowest BCUT2D eigenvalue weighted by Gasteiger charge is -2.09. The van der Waals surface area contributed by atoms with Crippen molar-refractivity contribution in [3.63, 3.8) is 0 Å². The molecule has 0 radical (unpaired) electrons. The number of methoxy groups -OCH3 is 1. The highest BCUT2D eigenvalue weighted by Crippen LogP contribution is 2.28. The first-order chi connectivity index (χ1) is 9.10. The van der Waals surface area contributed by atoms with E-state index in [2.05, 4.69) is 21.2 Å². The first kappa shape index (κ1) is 13.7. The van der Waals surface area contributed by atoms with Crippen molar-refractivity contribution in [1.82, 2.24) is 0 Å². The number of rotatable bonds is 4. The van der Waals surface area contributed by atoms with E-state index in [-0.39, 0.29) is 11.6 Å². The van der Waals surface area contributed by atoms with Crippen LogP contribution in [0.15, 0.2) is 40.9 Å². The van der Waals surface area contributed by atoms with Crippen molar-refractivity contribution in [3.05, 3.63) is 52.3 Å². The molecule has 0 spiro atoms. The smallest absolute Gasteiger partial charge is 0.160 e. The molecule has 0 aliphatic carbocycles. The number of halogens is 2. The molecule has 0 atom stereocenters. The summed E-state index contributed by atoms with van der Waals surface area (Å²) in [7, 11) is 1.50. The van der Waals surface area contributed by atoms with Crippen molar-refractivity contribution in [2.24, 2.45) is 0 Å². The van der Waals surface area contributed by atoms with E-state index in [0.29, 0.717) is 16.8 Å². The zero-order chi connectivity index (χ0) is 13.8. The molecule has 0 aromatic heterocycles. The maximum Gasteiger partial charge on any atom is 0.160 e. The second kappa shape index (κ2) is 5.93. The second-order valence-electron chi connectivity index (χ2n) is 3.99. The third-order valence-electron chi connectivity index (χ3n) is 2.66. The van der Waals surface area contributed by atoms with Gasteiger partial charge in [0, 0.05) is 18.3 Å². The second-order valence-corrected chi connectivity index (χ2v) is 4.84. The molecule has 5 heteroatoms. The van der Waals surface area contributed by atoms with Crippen LogP contribution in [0.5, 0.6) is 11.5 Å². The number of nitrogens with one attached hydrogen (secondary N) is 1. The summed E-state index contributed by atoms with van der Waals surface area (Å²) in [6.07, 6.45) is 0. The number of benzene rings is 2. The number of phenols is 1. The molecular weight excluding hydrogens is 313 g/mol. The van der Waals surface area contributed by atoms with Gasteiger partial charge in [-0.1, -0.05) is 6.07 Å². The minimum absolute atomic E-state index is 0.0767. The van der Waals surface area contributed by atoms with Crippen molar-refractivity contribution < 1.29 is 14.2 Å². The standard InChI is InChI=1S/C14H13BrFNO2/c1-19-14-5-3-10(7-13(14)18)17-8-9-2-4-12(16)11(15)6-9/h2-7,17-18H,8H2,1H3. The first-order valence-corrected chi connectivity index (χ1v) is 6.44. The summed E-state index contributed by atoms with van der Waals surface area (Å²) in [4.78, 5) is 0. The maximum atomic E-state index is 13.1. The van der Waals surface area contributed by atoms with E-state index in [4.69, 9.17) is 4.74 Å². The molecule has 2 aromatic rings. The number of ether oxygens (including phenoxy) is 1. The summed E-state index contributed by atoms with van der Waals surface area (Å²) in [5.41, 5.74) is 1.70. The topological polar surface area (TPSA) is 41.5 Å². The van der Waals surface area contributed by atoms with Gasteiger partial charge in [-0.2, -0.15) is 0 Å². The molecule has 19 heavy (non-hydrogen) atoms. The normalized spacial score (nSPS) is 10.3. The lowest BCUT2D eigenvalue weighted by molar-refractivity contribution is 0.373. The predicted octanol–water partition coefficient (Wildman–Crippen LogP) is 3.91. The quantitative estimate of drug-likeness (QED) is 0.895. The van der Waals surface area contributed by atoms with Crippen molar-refractivity contribution in [2.75, 3.05) is 12.4 Å². The Morgan fingerprint density at radius 1 is 1.26 bits per heavy atom. The van der Waals surface area contributed by atoms with Crippen LogP contribution in [0.4, 0.5) is 10.1 Å². The highest BCUT2D eigenvalue weighted by molar-refractivity contribution is 9.10. The van der Waals surface area contributed by atoms with Gasteiger partial charge < -0.3 is 15.2 Å². The molecule has 0 aliphatic rings. The maximum absolute atomic E-state index is 13.1. The fraction of sp³-hybridized carbons (Fsp3) is 0.143. The van der Waals surface area contributed by atoms with Crippen LogP contribution in [0.2, 0.25) is 0 Å². The minimum atomic E-state index is -0.286. The average Bonchev–Trinajstić information content (AvgIpc) is 2.40. The van der Waals surface area contributed by atoms with E-state index in [1.165, 1.54) is 13.2 Å². The zero-order valence-electron chi connectivity index (χ0n) is 10.3. The van der Waals surface area contributed by atoms with Crippen LogP contribution >= 0.6 is 15.9 Å². The van der Waals surface area contributed by atoms with Gasteiger partial charge in [0.2, 0.25) is 0 Å². The zero-order valence-corrected chi connectivity index (χ0v) is 11.9. The third kappa shape index (κ3) is 3.38. The fourth-order valence-electron chi connectivity index (χ4n) is 1.65. The van der Waals surface area contributed by atoms with Gasteiger partial charge in [-0.05, 0) is 45.8 Å². The van der Waals surface area contributed by atoms with Crippen LogP contribution in [0.25, 0.3) is 0 Å². The van der Waals surface area contributed by atoms with E-state index >= 15 is 0 Å². The summed E-state index contributed by atoms with van der Waals surface area (Å²) >= 11 is 3.14. The van der Waals surface area contributed by atoms with Crippen LogP contribution in [0.1, 0.15) is 5.56 Å². The Bertz CT molecular complexity index is 590. The Hall–Kier alpha value is -1.75. The van der Waals surface area contributed by atoms with E-state index in [9.17, 15) is 9.50 Å². The summed E-state index contributed by atoms with van der Waals surface area (Å²) in [5.74, 6) is 0.216. The van der Waals surface area contributed by atoms with E-state index < -0.39 is 0 Å². The Labute approximate surface area is 119 Å². The summed E-state index contributed by atoms with van der Waals surface area (Å²) in [5, 5.41) is 12.8. The Balaban J connectivity index is 2.05. The lowest BCUT2D eigenvalue weighted by Crippen LogP contribution is -1.99. The van der Waals surface area contributed by atoms with E-state index in [1.54, 1.807) is 30.3 Å². The van der Waals surface area contributed by atoms with Crippen LogP contribution in [-0.4, -0.2) is 12.2 Å². The van der Waals surface area contributed by atoms with Crippen molar-refractivity contribution in [3.8, 4) is 11.5 Å². The SMILES string of the molecule is COc1ccc(NCc2ccc(F)c(Br)c2)cc1O. The average molecular weight is 326 g/mol. The highest BCUT2D eigenvalue weighted by Gasteiger charge is 2.03. The largest absolute Gasteiger partial charge is 0.504 e. The molecule has 100 valence electrons. The van der Waals surface area contributed by atoms with Gasteiger partial charge in [0.25, 0.3) is 0 Å². The highest BCUT2D eigenvalue weighted by atomic mass is 79.9. The molecule has 0 aliphatic heterocycles. The fourth-order valence-corrected chi connectivity index (χ4v) is 2.08. The minimum Gasteiger partial charge on any atom is -0.504 e. The van der Waals surface area contributed by atoms with E-state index in [0.717, 1.165) is 11.3 Å². The molecule has 2 rings (SSSR count). The molecule has 2 aromatic carbocycles. The Kier molecular flexibility index (Phi) is 4.27. The summed E-state index contributed by atoms with van der Waals surface area (Å²) in [6.45, 7) is 0.532. The van der Waals surface area contributed by atoms with E-state index in [1.807, 2.05) is 0 Å². The molecule has 0 saturated heterocycles. The molecule has 0 fully saturated rings. The Morgan fingerprint density at radius 2 is 2.05 bits per heavy atom. The number of hydrogen-bond acceptors (Lipinski definition) is 3. The van der Waals surface area contributed by atoms with Crippen LogP contribution in [-0.2, 0) is 6.54 Å². The molecule has 2 N–H and O–H groups in total. The number of anilines is 1. The molecular formula is C14H13BrFNO2. The summed E-state index contributed by atoms with van der Waals surface area (Å²) < 4.78 is 18.5. The van der Waals surface area contributed by atoms with Crippen LogP contribution in [0.3, 0.4) is 0 Å². The molecule has 0 amide bonds. The third-order valence-corrected chi connectivity index (χ3v) is 3.27. The molecule has 0 bridgehead atoms. The van der Waals surface area contributed by atoms with Gasteiger partial charge in [-0.15, -0.1) is 0 Å². The number of aromatic hydroxyl groups is 1. The first-order valence-electron chi connectivity index (χ1n) is 5.65. The monoisotopic (exact) mass is 325 g/mol. The van der Waals surface area contributed by atoms with Gasteiger partial charge >= 0.3 is 0 Å². The van der Waals surface area contributed by atoms with Gasteiger partial charge in [-0.25, -0.2) is 4.39 Å². The Morgan fingerprint density at radius 3 is 2.68 bits per heavy atom. The number of phenolic OH excluding ortho intramolecular Hbond substituents is 1. The molecule has 0 heterocycles. The van der Waals surface area contributed by atoms with Gasteiger partial charge in [0.15, 0.2) is 11.5 Å². The van der Waals surface area contributed by atoms with Crippen LogP contribution in [0, 0.1) is 5.82 Å². The van der Waals surface area contributed by atoms with Crippen molar-refractivity contribution >= 4 is 21.6 Å². The van der Waals surface area contributed by atoms with Gasteiger partial charge in [-0.3, -0.25) is 0 Å². The van der Waals surface area contributed by atoms with Crippen molar-refractivity contribution in [1.29, 1.82) is 0 Å².